The van der Waals surface area contributed by atoms with Crippen LogP contribution in [0.4, 0.5) is 0 Å². The van der Waals surface area contributed by atoms with Gasteiger partial charge in [-0.15, -0.1) is 6.58 Å². The molecule has 0 heterocycles. The summed E-state index contributed by atoms with van der Waals surface area (Å²) in [6, 6.07) is 0. The number of hydrogen-bond donors (Lipinski definition) is 1. The maximum atomic E-state index is 10.3. The Morgan fingerprint density at radius 2 is 2.00 bits per heavy atom. The van der Waals surface area contributed by atoms with Gasteiger partial charge in [-0.05, 0) is 45.4 Å². The maximum absolute atomic E-state index is 10.3. The van der Waals surface area contributed by atoms with E-state index in [1.165, 1.54) is 32.1 Å². The number of hydrogen-bond acceptors (Lipinski definition) is 2. The molecule has 2 nitrogen and oxygen atoms in total. The summed E-state index contributed by atoms with van der Waals surface area (Å²) in [5.74, 6) is 0.559. The van der Waals surface area contributed by atoms with Crippen LogP contribution in [0.15, 0.2) is 12.2 Å². The zero-order valence-corrected chi connectivity index (χ0v) is 11.5. The molecule has 1 N–H and O–H groups in total. The highest BCUT2D eigenvalue weighted by atomic mass is 16.5. The van der Waals surface area contributed by atoms with Gasteiger partial charge in [-0.1, -0.05) is 24.8 Å². The topological polar surface area (TPSA) is 29.5 Å². The molecule has 100 valence electrons. The van der Waals surface area contributed by atoms with E-state index in [1.807, 2.05) is 13.8 Å². The molecule has 1 aliphatic rings. The second kappa shape index (κ2) is 7.88. The van der Waals surface area contributed by atoms with Crippen LogP contribution in [0.2, 0.25) is 0 Å². The quantitative estimate of drug-likeness (QED) is 0.688. The third-order valence-corrected chi connectivity index (χ3v) is 3.72. The van der Waals surface area contributed by atoms with Crippen LogP contribution >= 0.6 is 0 Å². The highest BCUT2D eigenvalue weighted by Crippen LogP contribution is 2.30. The first kappa shape index (κ1) is 14.7. The van der Waals surface area contributed by atoms with Gasteiger partial charge in [-0.2, -0.15) is 0 Å². The number of aliphatic hydroxyl groups is 1. The summed E-state index contributed by atoms with van der Waals surface area (Å²) in [5, 5.41) is 10.3. The Hall–Kier alpha value is -0.340. The van der Waals surface area contributed by atoms with Crippen molar-refractivity contribution >= 4 is 0 Å². The van der Waals surface area contributed by atoms with Crippen LogP contribution in [0.25, 0.3) is 0 Å². The van der Waals surface area contributed by atoms with E-state index >= 15 is 0 Å². The van der Waals surface area contributed by atoms with E-state index in [0.29, 0.717) is 12.5 Å². The predicted octanol–water partition coefficient (Wildman–Crippen LogP) is 3.69. The average Bonchev–Trinajstić information content (AvgIpc) is 2.34. The van der Waals surface area contributed by atoms with Crippen LogP contribution in [-0.2, 0) is 4.74 Å². The standard InChI is InChI=1S/C15H28O2/c1-4-17-15(13-8-6-5-7-9-13)14(16)11-10-12(2)3/h13-16H,2,4-11H2,1,3H3. The Morgan fingerprint density at radius 1 is 1.35 bits per heavy atom. The molecule has 0 radical (unpaired) electrons. The smallest absolute Gasteiger partial charge is 0.0861 e. The summed E-state index contributed by atoms with van der Waals surface area (Å²) < 4.78 is 5.80. The molecular weight excluding hydrogens is 212 g/mol. The lowest BCUT2D eigenvalue weighted by molar-refractivity contribution is -0.0743. The fourth-order valence-corrected chi connectivity index (χ4v) is 2.78. The lowest BCUT2D eigenvalue weighted by Crippen LogP contribution is -2.37. The molecule has 17 heavy (non-hydrogen) atoms. The maximum Gasteiger partial charge on any atom is 0.0861 e. The minimum absolute atomic E-state index is 0.0413. The molecule has 1 fully saturated rings. The van der Waals surface area contributed by atoms with Crippen LogP contribution in [-0.4, -0.2) is 23.9 Å². The van der Waals surface area contributed by atoms with Crippen LogP contribution in [0.3, 0.4) is 0 Å². The molecule has 2 atom stereocenters. The molecule has 0 aromatic carbocycles. The molecule has 0 spiro atoms. The van der Waals surface area contributed by atoms with Gasteiger partial charge in [-0.25, -0.2) is 0 Å². The first-order valence-corrected chi connectivity index (χ1v) is 7.09. The highest BCUT2D eigenvalue weighted by molar-refractivity contribution is 4.90. The summed E-state index contributed by atoms with van der Waals surface area (Å²) in [6.07, 6.45) is 7.77. The normalized spacial score (nSPS) is 21.1. The Morgan fingerprint density at radius 3 is 2.53 bits per heavy atom. The third kappa shape index (κ3) is 5.22. The molecule has 0 bridgehead atoms. The van der Waals surface area contributed by atoms with Crippen LogP contribution in [0.1, 0.15) is 58.8 Å². The van der Waals surface area contributed by atoms with Gasteiger partial charge in [0, 0.05) is 6.61 Å². The fraction of sp³-hybridized carbons (Fsp3) is 0.867. The molecule has 0 aromatic heterocycles. The van der Waals surface area contributed by atoms with Crippen molar-refractivity contribution in [1.82, 2.24) is 0 Å². The molecule has 2 unspecified atom stereocenters. The molecule has 0 aromatic rings. The third-order valence-electron chi connectivity index (χ3n) is 3.72. The van der Waals surface area contributed by atoms with Crippen molar-refractivity contribution in [2.24, 2.45) is 5.92 Å². The zero-order valence-electron chi connectivity index (χ0n) is 11.5. The van der Waals surface area contributed by atoms with Gasteiger partial charge in [-0.3, -0.25) is 0 Å². The molecule has 0 saturated heterocycles. The first-order valence-electron chi connectivity index (χ1n) is 7.09. The van der Waals surface area contributed by atoms with Crippen molar-refractivity contribution in [2.75, 3.05) is 6.61 Å². The lowest BCUT2D eigenvalue weighted by atomic mass is 9.82. The number of rotatable bonds is 7. The number of aliphatic hydroxyl groups excluding tert-OH is 1. The molecule has 2 heteroatoms. The van der Waals surface area contributed by atoms with Crippen molar-refractivity contribution in [3.63, 3.8) is 0 Å². The second-order valence-electron chi connectivity index (χ2n) is 5.38. The Bertz CT molecular complexity index is 219. The van der Waals surface area contributed by atoms with Crippen molar-refractivity contribution in [1.29, 1.82) is 0 Å². The van der Waals surface area contributed by atoms with E-state index in [1.54, 1.807) is 0 Å². The van der Waals surface area contributed by atoms with E-state index < -0.39 is 0 Å². The molecule has 0 amide bonds. The first-order chi connectivity index (χ1) is 8.15. The molecule has 1 rings (SSSR count). The molecular formula is C15H28O2. The SMILES string of the molecule is C=C(C)CCC(O)C(OCC)C1CCCCC1. The van der Waals surface area contributed by atoms with Gasteiger partial charge in [0.25, 0.3) is 0 Å². The van der Waals surface area contributed by atoms with E-state index in [2.05, 4.69) is 6.58 Å². The fourth-order valence-electron chi connectivity index (χ4n) is 2.78. The van der Waals surface area contributed by atoms with Crippen molar-refractivity contribution in [3.8, 4) is 0 Å². The van der Waals surface area contributed by atoms with Gasteiger partial charge >= 0.3 is 0 Å². The van der Waals surface area contributed by atoms with E-state index in [-0.39, 0.29) is 12.2 Å². The minimum atomic E-state index is -0.324. The van der Waals surface area contributed by atoms with Gasteiger partial charge in [0.15, 0.2) is 0 Å². The summed E-state index contributed by atoms with van der Waals surface area (Å²) in [5.41, 5.74) is 1.14. The van der Waals surface area contributed by atoms with Crippen LogP contribution in [0, 0.1) is 5.92 Å². The summed E-state index contributed by atoms with van der Waals surface area (Å²) in [6.45, 7) is 8.62. The van der Waals surface area contributed by atoms with Gasteiger partial charge in [0.2, 0.25) is 0 Å². The molecule has 1 saturated carbocycles. The van der Waals surface area contributed by atoms with E-state index in [9.17, 15) is 5.11 Å². The Kier molecular flexibility index (Phi) is 6.83. The van der Waals surface area contributed by atoms with Crippen molar-refractivity contribution in [3.05, 3.63) is 12.2 Å². The van der Waals surface area contributed by atoms with Crippen molar-refractivity contribution in [2.45, 2.75) is 71.0 Å². The summed E-state index contributed by atoms with van der Waals surface area (Å²) >= 11 is 0. The minimum Gasteiger partial charge on any atom is -0.390 e. The van der Waals surface area contributed by atoms with Crippen LogP contribution in [0.5, 0.6) is 0 Å². The molecule has 0 aliphatic heterocycles. The average molecular weight is 240 g/mol. The Labute approximate surface area is 106 Å². The highest BCUT2D eigenvalue weighted by Gasteiger charge is 2.29. The summed E-state index contributed by atoms with van der Waals surface area (Å²) in [7, 11) is 0. The van der Waals surface area contributed by atoms with Gasteiger partial charge in [0.1, 0.15) is 0 Å². The predicted molar refractivity (Wildman–Crippen MR) is 72.0 cm³/mol. The lowest BCUT2D eigenvalue weighted by Gasteiger charge is -2.33. The van der Waals surface area contributed by atoms with E-state index in [0.717, 1.165) is 18.4 Å². The summed E-state index contributed by atoms with van der Waals surface area (Å²) in [4.78, 5) is 0. The van der Waals surface area contributed by atoms with E-state index in [4.69, 9.17) is 4.74 Å². The van der Waals surface area contributed by atoms with Gasteiger partial charge in [0.05, 0.1) is 12.2 Å². The largest absolute Gasteiger partial charge is 0.390 e. The molecule has 1 aliphatic carbocycles. The monoisotopic (exact) mass is 240 g/mol. The number of ether oxygens (including phenoxy) is 1. The number of allylic oxidation sites excluding steroid dienone is 1. The second-order valence-corrected chi connectivity index (χ2v) is 5.38. The van der Waals surface area contributed by atoms with Crippen LogP contribution < -0.4 is 0 Å². The van der Waals surface area contributed by atoms with Gasteiger partial charge < -0.3 is 9.84 Å². The Balaban J connectivity index is 2.47. The zero-order chi connectivity index (χ0) is 12.7. The van der Waals surface area contributed by atoms with Crippen molar-refractivity contribution < 1.29 is 9.84 Å².